The van der Waals surface area contributed by atoms with Gasteiger partial charge in [0.05, 0.1) is 5.69 Å². The molecule has 4 heteroatoms. The third-order valence-corrected chi connectivity index (χ3v) is 2.24. The Morgan fingerprint density at radius 1 is 1.57 bits per heavy atom. The summed E-state index contributed by atoms with van der Waals surface area (Å²) in [5, 5.41) is 2.74. The number of rotatable bonds is 1. The Bertz CT molecular complexity index is 376. The molecule has 0 saturated heterocycles. The van der Waals surface area contributed by atoms with Crippen LogP contribution in [0.3, 0.4) is 0 Å². The summed E-state index contributed by atoms with van der Waals surface area (Å²) in [5.41, 5.74) is 6.81. The largest absolute Gasteiger partial charge is 0.478 e. The molecule has 1 heterocycles. The molecule has 1 amide bonds. The lowest BCUT2D eigenvalue weighted by Crippen LogP contribution is -2.36. The van der Waals surface area contributed by atoms with Crippen molar-refractivity contribution < 1.29 is 9.53 Å². The number of para-hydroxylation sites is 1. The van der Waals surface area contributed by atoms with Gasteiger partial charge in [0.2, 0.25) is 0 Å². The van der Waals surface area contributed by atoms with Crippen molar-refractivity contribution in [2.24, 2.45) is 0 Å². The topological polar surface area (TPSA) is 64.3 Å². The maximum absolute atomic E-state index is 11.4. The number of amides is 1. The summed E-state index contributed by atoms with van der Waals surface area (Å²) < 4.78 is 5.48. The molecule has 1 aliphatic heterocycles. The van der Waals surface area contributed by atoms with E-state index in [1.807, 2.05) is 6.92 Å². The molecule has 0 spiro atoms. The van der Waals surface area contributed by atoms with Crippen LogP contribution in [0.2, 0.25) is 0 Å². The van der Waals surface area contributed by atoms with Crippen LogP contribution in [0.4, 0.5) is 11.4 Å². The molecule has 3 N–H and O–H groups in total. The Morgan fingerprint density at radius 2 is 2.36 bits per heavy atom. The molecule has 0 aliphatic carbocycles. The van der Waals surface area contributed by atoms with E-state index in [0.717, 1.165) is 0 Å². The number of hydrogen-bond acceptors (Lipinski definition) is 3. The number of fused-ring (bicyclic) bond motifs is 1. The van der Waals surface area contributed by atoms with Crippen molar-refractivity contribution in [1.29, 1.82) is 0 Å². The van der Waals surface area contributed by atoms with Crippen molar-refractivity contribution in [3.05, 3.63) is 18.2 Å². The second-order valence-corrected chi connectivity index (χ2v) is 3.22. The van der Waals surface area contributed by atoms with E-state index in [9.17, 15) is 4.79 Å². The van der Waals surface area contributed by atoms with E-state index >= 15 is 0 Å². The molecule has 1 unspecified atom stereocenters. The molecule has 1 atom stereocenters. The van der Waals surface area contributed by atoms with Crippen LogP contribution in [0, 0.1) is 0 Å². The number of carbonyl (C=O) groups is 1. The number of nitrogens with two attached hydrogens (primary N) is 1. The van der Waals surface area contributed by atoms with Crippen molar-refractivity contribution in [3.63, 3.8) is 0 Å². The van der Waals surface area contributed by atoms with Crippen LogP contribution in [0.25, 0.3) is 0 Å². The van der Waals surface area contributed by atoms with Crippen LogP contribution in [0.1, 0.15) is 13.3 Å². The van der Waals surface area contributed by atoms with Gasteiger partial charge < -0.3 is 15.8 Å². The summed E-state index contributed by atoms with van der Waals surface area (Å²) in [4.78, 5) is 11.4. The molecule has 14 heavy (non-hydrogen) atoms. The molecule has 1 aliphatic rings. The van der Waals surface area contributed by atoms with E-state index < -0.39 is 6.10 Å². The summed E-state index contributed by atoms with van der Waals surface area (Å²) >= 11 is 0. The quantitative estimate of drug-likeness (QED) is 0.660. The van der Waals surface area contributed by atoms with Crippen molar-refractivity contribution >= 4 is 17.3 Å². The fourth-order valence-corrected chi connectivity index (χ4v) is 1.46. The zero-order chi connectivity index (χ0) is 10.1. The van der Waals surface area contributed by atoms with Gasteiger partial charge in [-0.25, -0.2) is 0 Å². The van der Waals surface area contributed by atoms with Gasteiger partial charge in [-0.3, -0.25) is 4.79 Å². The zero-order valence-corrected chi connectivity index (χ0v) is 7.91. The van der Waals surface area contributed by atoms with Crippen molar-refractivity contribution in [2.45, 2.75) is 19.4 Å². The Labute approximate surface area is 82.1 Å². The maximum atomic E-state index is 11.4. The van der Waals surface area contributed by atoms with Gasteiger partial charge in [0.1, 0.15) is 11.4 Å². The van der Waals surface area contributed by atoms with Gasteiger partial charge in [0.15, 0.2) is 6.10 Å². The van der Waals surface area contributed by atoms with Gasteiger partial charge in [0, 0.05) is 0 Å². The summed E-state index contributed by atoms with van der Waals surface area (Å²) in [6.07, 6.45) is 0.254. The molecule has 1 aromatic carbocycles. The van der Waals surface area contributed by atoms with E-state index in [2.05, 4.69) is 5.32 Å². The molecule has 0 aromatic heterocycles. The SMILES string of the molecule is CCC1Oc2cccc(N)c2NC1=O. The number of nitrogen functional groups attached to an aromatic ring is 1. The molecule has 4 nitrogen and oxygen atoms in total. The van der Waals surface area contributed by atoms with E-state index in [1.165, 1.54) is 0 Å². The smallest absolute Gasteiger partial charge is 0.265 e. The second kappa shape index (κ2) is 3.21. The zero-order valence-electron chi connectivity index (χ0n) is 7.91. The number of carbonyl (C=O) groups excluding carboxylic acids is 1. The Balaban J connectivity index is 2.40. The number of benzene rings is 1. The molecular formula is C10H12N2O2. The summed E-state index contributed by atoms with van der Waals surface area (Å²) in [6, 6.07) is 5.33. The van der Waals surface area contributed by atoms with Gasteiger partial charge >= 0.3 is 0 Å². The van der Waals surface area contributed by atoms with Crippen LogP contribution in [0.15, 0.2) is 18.2 Å². The predicted octanol–water partition coefficient (Wildman–Crippen LogP) is 1.38. The molecule has 1 aromatic rings. The van der Waals surface area contributed by atoms with E-state index in [1.54, 1.807) is 18.2 Å². The van der Waals surface area contributed by atoms with Gasteiger partial charge in [-0.1, -0.05) is 13.0 Å². The first-order chi connectivity index (χ1) is 6.72. The number of hydrogen-bond donors (Lipinski definition) is 2. The Morgan fingerprint density at radius 3 is 3.07 bits per heavy atom. The average molecular weight is 192 g/mol. The van der Waals surface area contributed by atoms with Gasteiger partial charge in [-0.2, -0.15) is 0 Å². The summed E-state index contributed by atoms with van der Waals surface area (Å²) in [5.74, 6) is 0.523. The van der Waals surface area contributed by atoms with Crippen molar-refractivity contribution in [1.82, 2.24) is 0 Å². The van der Waals surface area contributed by atoms with Crippen molar-refractivity contribution in [3.8, 4) is 5.75 Å². The third-order valence-electron chi connectivity index (χ3n) is 2.24. The molecule has 0 radical (unpaired) electrons. The number of nitrogens with one attached hydrogen (secondary N) is 1. The van der Waals surface area contributed by atoms with Gasteiger partial charge in [-0.15, -0.1) is 0 Å². The minimum atomic E-state index is -0.399. The third kappa shape index (κ3) is 1.28. The highest BCUT2D eigenvalue weighted by Gasteiger charge is 2.26. The van der Waals surface area contributed by atoms with Crippen molar-refractivity contribution in [2.75, 3.05) is 11.1 Å². The maximum Gasteiger partial charge on any atom is 0.265 e. The van der Waals surface area contributed by atoms with Gasteiger partial charge in [-0.05, 0) is 18.6 Å². The monoisotopic (exact) mass is 192 g/mol. The van der Waals surface area contributed by atoms with Crippen LogP contribution >= 0.6 is 0 Å². The first-order valence-electron chi connectivity index (χ1n) is 4.58. The normalized spacial score (nSPS) is 19.5. The minimum Gasteiger partial charge on any atom is -0.478 e. The molecule has 0 bridgehead atoms. The van der Waals surface area contributed by atoms with Gasteiger partial charge in [0.25, 0.3) is 5.91 Å². The average Bonchev–Trinajstić information content (AvgIpc) is 2.19. The highest BCUT2D eigenvalue weighted by Crippen LogP contribution is 2.34. The molecule has 0 fully saturated rings. The van der Waals surface area contributed by atoms with Crippen LogP contribution in [0.5, 0.6) is 5.75 Å². The molecule has 2 rings (SSSR count). The lowest BCUT2D eigenvalue weighted by Gasteiger charge is -2.25. The van der Waals surface area contributed by atoms with E-state index in [4.69, 9.17) is 10.5 Å². The standard InChI is InChI=1S/C10H12N2O2/c1-2-7-10(13)12-9-6(11)4-3-5-8(9)14-7/h3-5,7H,2,11H2,1H3,(H,12,13). The highest BCUT2D eigenvalue weighted by atomic mass is 16.5. The number of anilines is 2. The molecular weight excluding hydrogens is 180 g/mol. The van der Waals surface area contributed by atoms with Crippen LogP contribution < -0.4 is 15.8 Å². The molecule has 0 saturated carbocycles. The first kappa shape index (κ1) is 8.87. The van der Waals surface area contributed by atoms with Crippen LogP contribution in [-0.2, 0) is 4.79 Å². The number of ether oxygens (including phenoxy) is 1. The molecule has 74 valence electrons. The lowest BCUT2D eigenvalue weighted by molar-refractivity contribution is -0.123. The Kier molecular flexibility index (Phi) is 2.04. The Hall–Kier alpha value is -1.71. The first-order valence-corrected chi connectivity index (χ1v) is 4.58. The summed E-state index contributed by atoms with van der Waals surface area (Å²) in [6.45, 7) is 1.90. The lowest BCUT2D eigenvalue weighted by atomic mass is 10.1. The summed E-state index contributed by atoms with van der Waals surface area (Å²) in [7, 11) is 0. The van der Waals surface area contributed by atoms with E-state index in [-0.39, 0.29) is 5.91 Å². The fraction of sp³-hybridized carbons (Fsp3) is 0.300. The predicted molar refractivity (Wildman–Crippen MR) is 54.2 cm³/mol. The second-order valence-electron chi connectivity index (χ2n) is 3.22. The highest BCUT2D eigenvalue weighted by molar-refractivity contribution is 6.00. The fourth-order valence-electron chi connectivity index (χ4n) is 1.46. The van der Waals surface area contributed by atoms with E-state index in [0.29, 0.717) is 23.5 Å². The van der Waals surface area contributed by atoms with Crippen LogP contribution in [-0.4, -0.2) is 12.0 Å². The minimum absolute atomic E-state index is 0.127.